The number of rotatable bonds is 2. The third kappa shape index (κ3) is 2.29. The quantitative estimate of drug-likeness (QED) is 0.340. The van der Waals surface area contributed by atoms with E-state index < -0.39 is 28.6 Å². The molecule has 2 atom stereocenters. The summed E-state index contributed by atoms with van der Waals surface area (Å²) in [7, 11) is 0. The molecule has 3 aromatic carbocycles. The predicted octanol–water partition coefficient (Wildman–Crippen LogP) is 4.36. The highest BCUT2D eigenvalue weighted by Crippen LogP contribution is 2.66. The van der Waals surface area contributed by atoms with Crippen LogP contribution in [-0.2, 0) is 25.2 Å². The third-order valence-corrected chi connectivity index (χ3v) is 8.00. The van der Waals surface area contributed by atoms with E-state index in [1.807, 2.05) is 24.3 Å². The summed E-state index contributed by atoms with van der Waals surface area (Å²) in [5.74, 6) is -1.39. The van der Waals surface area contributed by atoms with Gasteiger partial charge in [0.15, 0.2) is 0 Å². The fourth-order valence-corrected chi connectivity index (χ4v) is 6.65. The Labute approximate surface area is 192 Å². The Balaban J connectivity index is 1.54. The van der Waals surface area contributed by atoms with Crippen molar-refractivity contribution in [1.82, 2.24) is 0 Å². The number of anilines is 1. The molecule has 0 spiro atoms. The molecule has 33 heavy (non-hydrogen) atoms. The summed E-state index contributed by atoms with van der Waals surface area (Å²) in [5.41, 5.74) is 3.79. The summed E-state index contributed by atoms with van der Waals surface area (Å²) >= 11 is 0. The van der Waals surface area contributed by atoms with E-state index in [-0.39, 0.29) is 11.8 Å². The zero-order valence-electron chi connectivity index (χ0n) is 18.7. The molecule has 3 aromatic rings. The standard InChI is InChI=1S/C28H23NO4/c1-16(30)33-18-14-12-17(13-15-18)29-25(31)23-24(26(29)32)28(3)21-10-6-4-8-19(21)27(23,2)20-9-5-7-11-22(20)28/h4-15,23-24H,1-3H3. The van der Waals surface area contributed by atoms with Crippen LogP contribution in [0.5, 0.6) is 5.75 Å². The highest BCUT2D eigenvalue weighted by atomic mass is 16.5. The Bertz CT molecular complexity index is 1230. The Hall–Kier alpha value is -3.73. The van der Waals surface area contributed by atoms with E-state index in [1.54, 1.807) is 24.3 Å². The van der Waals surface area contributed by atoms with Crippen LogP contribution in [0.25, 0.3) is 0 Å². The summed E-state index contributed by atoms with van der Waals surface area (Å²) < 4.78 is 5.11. The number of hydrogen-bond donors (Lipinski definition) is 0. The van der Waals surface area contributed by atoms with Crippen molar-refractivity contribution in [3.05, 3.63) is 95.1 Å². The van der Waals surface area contributed by atoms with Gasteiger partial charge >= 0.3 is 5.97 Å². The molecule has 5 nitrogen and oxygen atoms in total. The van der Waals surface area contributed by atoms with Crippen molar-refractivity contribution in [3.8, 4) is 5.75 Å². The second kappa shape index (κ2) is 6.41. The molecule has 0 saturated carbocycles. The molecule has 0 N–H and O–H groups in total. The normalized spacial score (nSPS) is 28.9. The zero-order chi connectivity index (χ0) is 23.1. The smallest absolute Gasteiger partial charge is 0.308 e. The number of ether oxygens (including phenoxy) is 1. The maximum absolute atomic E-state index is 14.0. The van der Waals surface area contributed by atoms with Gasteiger partial charge in [0.2, 0.25) is 11.8 Å². The van der Waals surface area contributed by atoms with Crippen LogP contribution in [0.3, 0.4) is 0 Å². The van der Waals surface area contributed by atoms with Crippen molar-refractivity contribution >= 4 is 23.5 Å². The van der Waals surface area contributed by atoms with Crippen LogP contribution in [-0.4, -0.2) is 17.8 Å². The average molecular weight is 437 g/mol. The number of amides is 2. The van der Waals surface area contributed by atoms with Gasteiger partial charge in [0.25, 0.3) is 0 Å². The molecule has 2 bridgehead atoms. The molecule has 1 heterocycles. The molecule has 5 heteroatoms. The Morgan fingerprint density at radius 3 is 1.48 bits per heavy atom. The minimum Gasteiger partial charge on any atom is -0.427 e. The number of nitrogens with zero attached hydrogens (tertiary/aromatic N) is 1. The Kier molecular flexibility index (Phi) is 3.87. The maximum Gasteiger partial charge on any atom is 0.308 e. The number of imide groups is 1. The van der Waals surface area contributed by atoms with Crippen molar-refractivity contribution < 1.29 is 19.1 Å². The lowest BCUT2D eigenvalue weighted by molar-refractivity contribution is -0.132. The fourth-order valence-electron chi connectivity index (χ4n) is 6.65. The number of esters is 1. The van der Waals surface area contributed by atoms with E-state index in [4.69, 9.17) is 4.74 Å². The lowest BCUT2D eigenvalue weighted by atomic mass is 9.42. The number of carbonyl (C=O) groups is 3. The first-order chi connectivity index (χ1) is 15.8. The fraction of sp³-hybridized carbons (Fsp3) is 0.250. The summed E-state index contributed by atoms with van der Waals surface area (Å²) in [6.45, 7) is 5.55. The Morgan fingerprint density at radius 2 is 1.12 bits per heavy atom. The second-order valence-electron chi connectivity index (χ2n) is 9.55. The minimum atomic E-state index is -0.602. The number of carbonyl (C=O) groups excluding carboxylic acids is 3. The van der Waals surface area contributed by atoms with Crippen LogP contribution >= 0.6 is 0 Å². The Morgan fingerprint density at radius 1 is 0.727 bits per heavy atom. The van der Waals surface area contributed by atoms with Crippen LogP contribution in [0.15, 0.2) is 72.8 Å². The molecule has 3 aliphatic carbocycles. The second-order valence-corrected chi connectivity index (χ2v) is 9.55. The first kappa shape index (κ1) is 19.9. The molecule has 1 saturated heterocycles. The zero-order valence-corrected chi connectivity index (χ0v) is 18.7. The van der Waals surface area contributed by atoms with Crippen LogP contribution in [0.1, 0.15) is 43.0 Å². The van der Waals surface area contributed by atoms with Gasteiger partial charge in [-0.3, -0.25) is 14.4 Å². The van der Waals surface area contributed by atoms with Gasteiger partial charge in [0.05, 0.1) is 17.5 Å². The SMILES string of the molecule is CC(=O)Oc1ccc(N2C(=O)C3C(C2=O)C2(C)c4ccccc4C3(C)c3ccccc32)cc1. The van der Waals surface area contributed by atoms with E-state index in [1.165, 1.54) is 11.8 Å². The van der Waals surface area contributed by atoms with Crippen LogP contribution in [0, 0.1) is 11.8 Å². The average Bonchev–Trinajstić information content (AvgIpc) is 3.09. The summed E-state index contributed by atoms with van der Waals surface area (Å²) in [4.78, 5) is 40.6. The molecule has 7 rings (SSSR count). The molecule has 164 valence electrons. The number of benzene rings is 3. The lowest BCUT2D eigenvalue weighted by Crippen LogP contribution is -2.59. The van der Waals surface area contributed by atoms with Crippen LogP contribution < -0.4 is 9.64 Å². The van der Waals surface area contributed by atoms with Gasteiger partial charge in [-0.1, -0.05) is 62.4 Å². The minimum absolute atomic E-state index is 0.178. The molecule has 4 aliphatic rings. The van der Waals surface area contributed by atoms with Crippen molar-refractivity contribution in [3.63, 3.8) is 0 Å². The van der Waals surface area contributed by atoms with Gasteiger partial charge in [-0.25, -0.2) is 4.90 Å². The van der Waals surface area contributed by atoms with Crippen molar-refractivity contribution in [2.75, 3.05) is 4.90 Å². The van der Waals surface area contributed by atoms with E-state index in [0.717, 1.165) is 22.3 Å². The molecule has 1 aliphatic heterocycles. The summed E-state index contributed by atoms with van der Waals surface area (Å²) in [6.07, 6.45) is 0. The van der Waals surface area contributed by atoms with E-state index >= 15 is 0 Å². The van der Waals surface area contributed by atoms with Crippen molar-refractivity contribution in [2.24, 2.45) is 11.8 Å². The molecule has 1 fully saturated rings. The number of hydrogen-bond acceptors (Lipinski definition) is 4. The van der Waals surface area contributed by atoms with Crippen LogP contribution in [0.2, 0.25) is 0 Å². The maximum atomic E-state index is 14.0. The van der Waals surface area contributed by atoms with Gasteiger partial charge in [0.1, 0.15) is 5.75 Å². The van der Waals surface area contributed by atoms with Gasteiger partial charge < -0.3 is 4.74 Å². The first-order valence-electron chi connectivity index (χ1n) is 11.2. The van der Waals surface area contributed by atoms with Crippen LogP contribution in [0.4, 0.5) is 5.69 Å². The van der Waals surface area contributed by atoms with Gasteiger partial charge in [0, 0.05) is 17.8 Å². The molecular formula is C28H23NO4. The summed E-state index contributed by atoms with van der Waals surface area (Å²) in [6, 6.07) is 23.0. The van der Waals surface area contributed by atoms with Gasteiger partial charge in [-0.2, -0.15) is 0 Å². The summed E-state index contributed by atoms with van der Waals surface area (Å²) in [5, 5.41) is 0. The molecular weight excluding hydrogens is 414 g/mol. The van der Waals surface area contributed by atoms with Gasteiger partial charge in [-0.05, 0) is 46.5 Å². The predicted molar refractivity (Wildman–Crippen MR) is 123 cm³/mol. The topological polar surface area (TPSA) is 63.7 Å². The highest BCUT2D eigenvalue weighted by Gasteiger charge is 2.70. The van der Waals surface area contributed by atoms with Crippen molar-refractivity contribution in [1.29, 1.82) is 0 Å². The van der Waals surface area contributed by atoms with E-state index in [2.05, 4.69) is 38.1 Å². The molecule has 2 amide bonds. The monoisotopic (exact) mass is 437 g/mol. The van der Waals surface area contributed by atoms with Crippen molar-refractivity contribution in [2.45, 2.75) is 31.6 Å². The largest absolute Gasteiger partial charge is 0.427 e. The van der Waals surface area contributed by atoms with Gasteiger partial charge in [-0.15, -0.1) is 0 Å². The first-order valence-corrected chi connectivity index (χ1v) is 11.2. The third-order valence-electron chi connectivity index (χ3n) is 8.00. The van der Waals surface area contributed by atoms with E-state index in [9.17, 15) is 14.4 Å². The lowest BCUT2D eigenvalue weighted by Gasteiger charge is -2.57. The highest BCUT2D eigenvalue weighted by molar-refractivity contribution is 6.24. The molecule has 2 unspecified atom stereocenters. The molecule has 0 aromatic heterocycles. The molecule has 0 radical (unpaired) electrons. The van der Waals surface area contributed by atoms with E-state index in [0.29, 0.717) is 11.4 Å².